The molecule has 0 N–H and O–H groups in total. The number of nitrogens with zero attached hydrogens (tertiary/aromatic N) is 3. The average molecular weight is 411 g/mol. The van der Waals surface area contributed by atoms with E-state index in [-0.39, 0.29) is 43.3 Å². The van der Waals surface area contributed by atoms with Crippen LogP contribution >= 0.6 is 0 Å². The molecule has 9 heteroatoms. The first-order chi connectivity index (χ1) is 14.3. The largest absolute Gasteiger partial charge is 0.454 e. The van der Waals surface area contributed by atoms with Gasteiger partial charge in [0.25, 0.3) is 5.69 Å². The molecule has 4 rings (SSSR count). The van der Waals surface area contributed by atoms with Gasteiger partial charge in [0.1, 0.15) is 0 Å². The average Bonchev–Trinajstić information content (AvgIpc) is 3.37. The molecule has 2 unspecified atom stereocenters. The third-order valence-electron chi connectivity index (χ3n) is 5.63. The van der Waals surface area contributed by atoms with Crippen molar-refractivity contribution in [3.05, 3.63) is 58.1 Å². The standard InChI is InChI=1S/C21H21N3O6/c1-13(14-4-3-5-17(8-14)24(27)28)22(2)21(26)15-9-20(25)23(11-15)16-6-7-18-19(10-16)30-12-29-18/h3-8,10,13,15H,9,11-12H2,1-2H3. The number of carbonyl (C=O) groups excluding carboxylic acids is 2. The molecule has 2 atom stereocenters. The van der Waals surface area contributed by atoms with Crippen molar-refractivity contribution in [1.82, 2.24) is 4.90 Å². The third kappa shape index (κ3) is 3.54. The van der Waals surface area contributed by atoms with Gasteiger partial charge in [0, 0.05) is 43.9 Å². The van der Waals surface area contributed by atoms with Gasteiger partial charge >= 0.3 is 0 Å². The normalized spacial score (nSPS) is 18.4. The second-order valence-electron chi connectivity index (χ2n) is 7.42. The number of nitro groups is 1. The number of rotatable bonds is 5. The van der Waals surface area contributed by atoms with Crippen LogP contribution in [0.3, 0.4) is 0 Å². The Morgan fingerprint density at radius 2 is 2.00 bits per heavy atom. The molecule has 1 saturated heterocycles. The van der Waals surface area contributed by atoms with Crippen LogP contribution in [0.5, 0.6) is 11.5 Å². The second-order valence-corrected chi connectivity index (χ2v) is 7.42. The number of ether oxygens (including phenoxy) is 2. The molecule has 1 fully saturated rings. The molecule has 0 spiro atoms. The summed E-state index contributed by atoms with van der Waals surface area (Å²) in [6, 6.07) is 11.1. The van der Waals surface area contributed by atoms with E-state index >= 15 is 0 Å². The molecule has 2 aliphatic heterocycles. The molecule has 2 aromatic rings. The van der Waals surface area contributed by atoms with E-state index in [0.29, 0.717) is 22.7 Å². The van der Waals surface area contributed by atoms with Crippen LogP contribution in [-0.4, -0.2) is 42.0 Å². The number of amides is 2. The number of hydrogen-bond donors (Lipinski definition) is 0. The van der Waals surface area contributed by atoms with Crippen LogP contribution in [0.1, 0.15) is 24.9 Å². The van der Waals surface area contributed by atoms with E-state index in [2.05, 4.69) is 0 Å². The SMILES string of the molecule is CC(c1cccc([N+](=O)[O-])c1)N(C)C(=O)C1CC(=O)N(c2ccc3c(c2)OCO3)C1. The zero-order chi connectivity index (χ0) is 21.4. The quantitative estimate of drug-likeness (QED) is 0.554. The number of non-ortho nitro benzene ring substituents is 1. The van der Waals surface area contributed by atoms with Gasteiger partial charge in [-0.25, -0.2) is 0 Å². The highest BCUT2D eigenvalue weighted by Gasteiger charge is 2.38. The number of fused-ring (bicyclic) bond motifs is 1. The Kier molecular flexibility index (Phi) is 5.03. The highest BCUT2D eigenvalue weighted by molar-refractivity contribution is 6.00. The van der Waals surface area contributed by atoms with E-state index in [1.165, 1.54) is 12.1 Å². The summed E-state index contributed by atoms with van der Waals surface area (Å²) in [5.41, 5.74) is 1.30. The minimum atomic E-state index is -0.492. The fraction of sp³-hybridized carbons (Fsp3) is 0.333. The van der Waals surface area contributed by atoms with Crippen molar-refractivity contribution < 1.29 is 24.0 Å². The van der Waals surface area contributed by atoms with Crippen molar-refractivity contribution in [3.8, 4) is 11.5 Å². The van der Waals surface area contributed by atoms with Gasteiger partial charge in [-0.05, 0) is 24.6 Å². The summed E-state index contributed by atoms with van der Waals surface area (Å²) < 4.78 is 10.7. The molecule has 0 aromatic heterocycles. The van der Waals surface area contributed by atoms with Crippen LogP contribution < -0.4 is 14.4 Å². The highest BCUT2D eigenvalue weighted by Crippen LogP contribution is 2.37. The lowest BCUT2D eigenvalue weighted by Gasteiger charge is -2.27. The molecule has 2 aliphatic rings. The van der Waals surface area contributed by atoms with Gasteiger partial charge in [-0.1, -0.05) is 12.1 Å². The van der Waals surface area contributed by atoms with Gasteiger partial charge in [0.05, 0.1) is 16.9 Å². The first kappa shape index (κ1) is 19.7. The molecule has 0 radical (unpaired) electrons. The van der Waals surface area contributed by atoms with Crippen molar-refractivity contribution in [1.29, 1.82) is 0 Å². The Labute approximate surface area is 172 Å². The summed E-state index contributed by atoms with van der Waals surface area (Å²) in [6.45, 7) is 2.22. The summed E-state index contributed by atoms with van der Waals surface area (Å²) in [7, 11) is 1.65. The number of hydrogen-bond acceptors (Lipinski definition) is 6. The molecule has 2 amide bonds. The predicted octanol–water partition coefficient (Wildman–Crippen LogP) is 2.90. The van der Waals surface area contributed by atoms with Gasteiger partial charge in [-0.3, -0.25) is 19.7 Å². The first-order valence-corrected chi connectivity index (χ1v) is 9.56. The maximum atomic E-state index is 13.1. The Balaban J connectivity index is 1.47. The monoisotopic (exact) mass is 411 g/mol. The maximum absolute atomic E-state index is 13.1. The van der Waals surface area contributed by atoms with Gasteiger partial charge in [0.2, 0.25) is 18.6 Å². The maximum Gasteiger partial charge on any atom is 0.269 e. The Morgan fingerprint density at radius 3 is 2.77 bits per heavy atom. The smallest absolute Gasteiger partial charge is 0.269 e. The molecule has 2 heterocycles. The molecule has 30 heavy (non-hydrogen) atoms. The Hall–Kier alpha value is -3.62. The van der Waals surface area contributed by atoms with E-state index in [9.17, 15) is 19.7 Å². The zero-order valence-electron chi connectivity index (χ0n) is 16.6. The summed E-state index contributed by atoms with van der Waals surface area (Å²) in [6.07, 6.45) is 0.110. The number of benzene rings is 2. The summed E-state index contributed by atoms with van der Waals surface area (Å²) in [5.74, 6) is 0.401. The summed E-state index contributed by atoms with van der Waals surface area (Å²) in [5, 5.41) is 11.0. The van der Waals surface area contributed by atoms with Gasteiger partial charge in [-0.2, -0.15) is 0 Å². The Bertz CT molecular complexity index is 1020. The number of nitro benzene ring substituents is 1. The van der Waals surface area contributed by atoms with E-state index in [1.54, 1.807) is 47.2 Å². The molecule has 0 saturated carbocycles. The second kappa shape index (κ2) is 7.66. The highest BCUT2D eigenvalue weighted by atomic mass is 16.7. The molecule has 2 aromatic carbocycles. The zero-order valence-corrected chi connectivity index (χ0v) is 16.6. The van der Waals surface area contributed by atoms with Crippen molar-refractivity contribution >= 4 is 23.2 Å². The molecule has 0 aliphatic carbocycles. The van der Waals surface area contributed by atoms with Crippen molar-refractivity contribution in [2.24, 2.45) is 5.92 Å². The predicted molar refractivity (Wildman–Crippen MR) is 107 cm³/mol. The molecular formula is C21H21N3O6. The lowest BCUT2D eigenvalue weighted by atomic mass is 10.0. The van der Waals surface area contributed by atoms with Crippen LogP contribution in [0.2, 0.25) is 0 Å². The van der Waals surface area contributed by atoms with E-state index < -0.39 is 10.8 Å². The fourth-order valence-corrected chi connectivity index (χ4v) is 3.78. The van der Waals surface area contributed by atoms with E-state index in [0.717, 1.165) is 0 Å². The molecule has 9 nitrogen and oxygen atoms in total. The summed E-state index contributed by atoms with van der Waals surface area (Å²) in [4.78, 5) is 39.3. The van der Waals surface area contributed by atoms with Crippen LogP contribution in [0.4, 0.5) is 11.4 Å². The van der Waals surface area contributed by atoms with Gasteiger partial charge < -0.3 is 19.3 Å². The fourth-order valence-electron chi connectivity index (χ4n) is 3.78. The lowest BCUT2D eigenvalue weighted by Crippen LogP contribution is -2.36. The topological polar surface area (TPSA) is 102 Å². The van der Waals surface area contributed by atoms with Crippen molar-refractivity contribution in [2.45, 2.75) is 19.4 Å². The van der Waals surface area contributed by atoms with Crippen LogP contribution in [0.15, 0.2) is 42.5 Å². The third-order valence-corrected chi connectivity index (χ3v) is 5.63. The lowest BCUT2D eigenvalue weighted by molar-refractivity contribution is -0.384. The van der Waals surface area contributed by atoms with E-state index in [1.807, 2.05) is 6.92 Å². The van der Waals surface area contributed by atoms with E-state index in [4.69, 9.17) is 9.47 Å². The number of anilines is 1. The minimum absolute atomic E-state index is 0.0229. The number of carbonyl (C=O) groups is 2. The first-order valence-electron chi connectivity index (χ1n) is 9.56. The van der Waals surface area contributed by atoms with Gasteiger partial charge in [-0.15, -0.1) is 0 Å². The van der Waals surface area contributed by atoms with Crippen LogP contribution in [0.25, 0.3) is 0 Å². The molecule has 156 valence electrons. The van der Waals surface area contributed by atoms with Crippen molar-refractivity contribution in [3.63, 3.8) is 0 Å². The van der Waals surface area contributed by atoms with Gasteiger partial charge in [0.15, 0.2) is 11.5 Å². The minimum Gasteiger partial charge on any atom is -0.454 e. The van der Waals surface area contributed by atoms with Crippen LogP contribution in [-0.2, 0) is 9.59 Å². The summed E-state index contributed by atoms with van der Waals surface area (Å²) >= 11 is 0. The molecular weight excluding hydrogens is 390 g/mol. The van der Waals surface area contributed by atoms with Crippen molar-refractivity contribution in [2.75, 3.05) is 25.3 Å². The Morgan fingerprint density at radius 1 is 1.23 bits per heavy atom. The molecule has 0 bridgehead atoms. The van der Waals surface area contributed by atoms with Crippen LogP contribution in [0, 0.1) is 16.0 Å².